The molecule has 0 saturated carbocycles. The molecule has 0 spiro atoms. The number of nitrogens with one attached hydrogen (secondary N) is 1. The number of H-pyrrole nitrogens is 1. The Kier molecular flexibility index (Phi) is 5.63. The molecule has 0 fully saturated rings. The molecule has 9 heteroatoms. The lowest BCUT2D eigenvalue weighted by Gasteiger charge is -2.20. The van der Waals surface area contributed by atoms with Gasteiger partial charge in [-0.2, -0.15) is 0 Å². The minimum absolute atomic E-state index is 0.254. The average molecular weight is 413 g/mol. The van der Waals surface area contributed by atoms with E-state index >= 15 is 0 Å². The smallest absolute Gasteiger partial charge is 0.330 e. The van der Waals surface area contributed by atoms with Gasteiger partial charge >= 0.3 is 5.69 Å². The summed E-state index contributed by atoms with van der Waals surface area (Å²) in [7, 11) is 1.82. The fraction of sp³-hybridized carbons (Fsp3) is 0.476. The van der Waals surface area contributed by atoms with E-state index in [2.05, 4.69) is 23.7 Å². The minimum atomic E-state index is -0.404. The van der Waals surface area contributed by atoms with Crippen molar-refractivity contribution in [2.75, 3.05) is 13.3 Å². The van der Waals surface area contributed by atoms with Crippen molar-refractivity contribution in [1.82, 2.24) is 24.0 Å². The average Bonchev–Trinajstić information content (AvgIpc) is 3.31. The first-order valence-electron chi connectivity index (χ1n) is 10.3. The van der Waals surface area contributed by atoms with Crippen molar-refractivity contribution in [3.63, 3.8) is 0 Å². The third-order valence-corrected chi connectivity index (χ3v) is 5.50. The Labute approximate surface area is 173 Å². The van der Waals surface area contributed by atoms with Gasteiger partial charge in [0.05, 0.1) is 6.54 Å². The number of hydrogen-bond acceptors (Lipinski definition) is 6. The van der Waals surface area contributed by atoms with E-state index in [0.29, 0.717) is 30.8 Å². The van der Waals surface area contributed by atoms with Crippen LogP contribution in [0.4, 0.5) is 0 Å². The number of aromatic amines is 1. The van der Waals surface area contributed by atoms with Gasteiger partial charge in [0.15, 0.2) is 22.7 Å². The summed E-state index contributed by atoms with van der Waals surface area (Å²) >= 11 is 0. The quantitative estimate of drug-likeness (QED) is 0.607. The molecule has 0 unspecified atom stereocenters. The van der Waals surface area contributed by atoms with Crippen LogP contribution in [0.2, 0.25) is 0 Å². The van der Waals surface area contributed by atoms with E-state index in [0.717, 1.165) is 42.3 Å². The molecule has 1 aliphatic rings. The van der Waals surface area contributed by atoms with E-state index in [1.54, 1.807) is 9.13 Å². The summed E-state index contributed by atoms with van der Waals surface area (Å²) in [5, 5.41) is 0. The Balaban J connectivity index is 1.63. The molecular formula is C21H27N5O4. The highest BCUT2D eigenvalue weighted by atomic mass is 16.7. The predicted molar refractivity (Wildman–Crippen MR) is 113 cm³/mol. The van der Waals surface area contributed by atoms with E-state index < -0.39 is 11.2 Å². The maximum atomic E-state index is 12.4. The molecule has 0 saturated heterocycles. The third kappa shape index (κ3) is 3.72. The summed E-state index contributed by atoms with van der Waals surface area (Å²) in [4.78, 5) is 34.1. The molecule has 1 aliphatic heterocycles. The van der Waals surface area contributed by atoms with E-state index in [4.69, 9.17) is 14.5 Å². The highest BCUT2D eigenvalue weighted by Gasteiger charge is 2.19. The van der Waals surface area contributed by atoms with Crippen LogP contribution in [0.3, 0.4) is 0 Å². The molecular weight excluding hydrogens is 386 g/mol. The fourth-order valence-electron chi connectivity index (χ4n) is 3.73. The monoisotopic (exact) mass is 413 g/mol. The number of unbranched alkanes of at least 4 members (excludes halogenated alkanes) is 1. The molecule has 1 aromatic carbocycles. The fourth-order valence-corrected chi connectivity index (χ4v) is 3.73. The van der Waals surface area contributed by atoms with Gasteiger partial charge in [-0.25, -0.2) is 9.78 Å². The molecule has 30 heavy (non-hydrogen) atoms. The molecule has 3 aromatic rings. The second kappa shape index (κ2) is 8.35. The van der Waals surface area contributed by atoms with Gasteiger partial charge in [-0.15, -0.1) is 0 Å². The lowest BCUT2D eigenvalue weighted by molar-refractivity contribution is 0.174. The molecule has 160 valence electrons. The molecule has 0 radical (unpaired) electrons. The van der Waals surface area contributed by atoms with Crippen LogP contribution < -0.4 is 20.7 Å². The molecule has 3 heterocycles. The van der Waals surface area contributed by atoms with Crippen LogP contribution in [-0.2, 0) is 26.7 Å². The van der Waals surface area contributed by atoms with Crippen molar-refractivity contribution in [3.8, 4) is 11.5 Å². The third-order valence-electron chi connectivity index (χ3n) is 5.50. The molecule has 0 aliphatic carbocycles. The number of aryl methyl sites for hydroxylation is 2. The van der Waals surface area contributed by atoms with Crippen LogP contribution in [-0.4, -0.2) is 37.3 Å². The predicted octanol–water partition coefficient (Wildman–Crippen LogP) is 1.97. The first kappa shape index (κ1) is 20.2. The lowest BCUT2D eigenvalue weighted by atomic mass is 10.2. The van der Waals surface area contributed by atoms with Crippen molar-refractivity contribution in [1.29, 1.82) is 0 Å². The number of ether oxygens (including phenoxy) is 2. The van der Waals surface area contributed by atoms with E-state index in [1.807, 2.05) is 25.2 Å². The second-order valence-electron chi connectivity index (χ2n) is 7.51. The largest absolute Gasteiger partial charge is 0.454 e. The van der Waals surface area contributed by atoms with Gasteiger partial charge in [-0.3, -0.25) is 19.2 Å². The van der Waals surface area contributed by atoms with Gasteiger partial charge in [0.2, 0.25) is 6.79 Å². The summed E-state index contributed by atoms with van der Waals surface area (Å²) in [6.45, 7) is 6.99. The first-order valence-corrected chi connectivity index (χ1v) is 10.3. The Morgan fingerprint density at radius 2 is 1.97 bits per heavy atom. The van der Waals surface area contributed by atoms with Crippen molar-refractivity contribution in [2.24, 2.45) is 7.05 Å². The summed E-state index contributed by atoms with van der Waals surface area (Å²) in [6, 6.07) is 5.94. The Hall–Kier alpha value is -3.07. The Bertz CT molecular complexity index is 1180. The van der Waals surface area contributed by atoms with Gasteiger partial charge < -0.3 is 14.0 Å². The highest BCUT2D eigenvalue weighted by molar-refractivity contribution is 5.70. The van der Waals surface area contributed by atoms with Crippen LogP contribution in [0, 0.1) is 0 Å². The highest BCUT2D eigenvalue weighted by Crippen LogP contribution is 2.32. The van der Waals surface area contributed by atoms with E-state index in [-0.39, 0.29) is 6.79 Å². The number of fused-ring (bicyclic) bond motifs is 2. The van der Waals surface area contributed by atoms with Crippen LogP contribution in [0.5, 0.6) is 11.5 Å². The van der Waals surface area contributed by atoms with Crippen molar-refractivity contribution < 1.29 is 9.47 Å². The van der Waals surface area contributed by atoms with Crippen LogP contribution in [0.25, 0.3) is 11.2 Å². The Morgan fingerprint density at radius 3 is 2.73 bits per heavy atom. The molecule has 1 N–H and O–H groups in total. The zero-order valence-corrected chi connectivity index (χ0v) is 17.6. The van der Waals surface area contributed by atoms with Crippen LogP contribution in [0.1, 0.15) is 38.1 Å². The lowest BCUT2D eigenvalue weighted by Crippen LogP contribution is -2.31. The Morgan fingerprint density at radius 1 is 1.17 bits per heavy atom. The van der Waals surface area contributed by atoms with Gasteiger partial charge in [0.1, 0.15) is 5.82 Å². The summed E-state index contributed by atoms with van der Waals surface area (Å²) in [6.07, 6.45) is 1.80. The van der Waals surface area contributed by atoms with Gasteiger partial charge in [-0.05, 0) is 30.7 Å². The standard InChI is InChI=1S/C21H27N5O4/c1-4-6-9-26-19-18(20(27)23-21(26)28)24(3)17(22-19)12-25(5-2)11-14-7-8-15-16(10-14)30-13-29-15/h7-8,10H,4-6,9,11-13H2,1-3H3,(H,23,27,28). The molecule has 4 rings (SSSR count). The topological polar surface area (TPSA) is 94.4 Å². The normalized spacial score (nSPS) is 12.9. The number of benzene rings is 1. The summed E-state index contributed by atoms with van der Waals surface area (Å²) in [5.41, 5.74) is 1.19. The zero-order valence-electron chi connectivity index (χ0n) is 17.6. The number of imidazole rings is 1. The number of rotatable bonds is 8. The van der Waals surface area contributed by atoms with Crippen molar-refractivity contribution in [2.45, 2.75) is 46.3 Å². The first-order chi connectivity index (χ1) is 14.5. The SMILES string of the molecule is CCCCn1c(=O)[nH]c(=O)c2c1nc(CN(CC)Cc1ccc3c(c1)OCO3)n2C. The molecule has 9 nitrogen and oxygen atoms in total. The summed E-state index contributed by atoms with van der Waals surface area (Å²) < 4.78 is 14.2. The van der Waals surface area contributed by atoms with Gasteiger partial charge in [-0.1, -0.05) is 26.3 Å². The van der Waals surface area contributed by atoms with E-state index in [9.17, 15) is 9.59 Å². The molecule has 0 atom stereocenters. The maximum absolute atomic E-state index is 12.4. The molecule has 2 aromatic heterocycles. The molecule has 0 bridgehead atoms. The van der Waals surface area contributed by atoms with Crippen LogP contribution >= 0.6 is 0 Å². The van der Waals surface area contributed by atoms with Crippen LogP contribution in [0.15, 0.2) is 27.8 Å². The molecule has 0 amide bonds. The minimum Gasteiger partial charge on any atom is -0.454 e. The van der Waals surface area contributed by atoms with Gasteiger partial charge in [0.25, 0.3) is 5.56 Å². The van der Waals surface area contributed by atoms with Crippen molar-refractivity contribution >= 4 is 11.2 Å². The van der Waals surface area contributed by atoms with E-state index in [1.165, 1.54) is 0 Å². The summed E-state index contributed by atoms with van der Waals surface area (Å²) in [5.74, 6) is 2.27. The second-order valence-corrected chi connectivity index (χ2v) is 7.51. The number of nitrogens with zero attached hydrogens (tertiary/aromatic N) is 4. The number of aromatic nitrogens is 4. The van der Waals surface area contributed by atoms with Crippen molar-refractivity contribution in [3.05, 3.63) is 50.4 Å². The zero-order chi connectivity index (χ0) is 21.3. The van der Waals surface area contributed by atoms with Gasteiger partial charge in [0, 0.05) is 20.1 Å². The number of hydrogen-bond donors (Lipinski definition) is 1. The maximum Gasteiger partial charge on any atom is 0.330 e.